The van der Waals surface area contributed by atoms with Gasteiger partial charge < -0.3 is 4.74 Å². The second-order valence-electron chi connectivity index (χ2n) is 4.83. The molecule has 2 heteroatoms. The molecule has 0 bridgehead atoms. The van der Waals surface area contributed by atoms with Crippen molar-refractivity contribution in [2.45, 2.75) is 31.8 Å². The van der Waals surface area contributed by atoms with Gasteiger partial charge in [-0.2, -0.15) is 0 Å². The van der Waals surface area contributed by atoms with Gasteiger partial charge in [-0.15, -0.1) is 0 Å². The molecule has 1 aliphatic heterocycles. The third kappa shape index (κ3) is 2.23. The highest BCUT2D eigenvalue weighted by Crippen LogP contribution is 2.23. The Morgan fingerprint density at radius 1 is 1.11 bits per heavy atom. The van der Waals surface area contributed by atoms with Crippen LogP contribution >= 0.6 is 0 Å². The number of aryl methyl sites for hydroxylation is 1. The van der Waals surface area contributed by atoms with Crippen LogP contribution in [0.5, 0.6) is 0 Å². The van der Waals surface area contributed by atoms with Crippen molar-refractivity contribution in [3.63, 3.8) is 0 Å². The maximum atomic E-state index is 11.1. The summed E-state index contributed by atoms with van der Waals surface area (Å²) in [5, 5.41) is 2.59. The highest BCUT2D eigenvalue weighted by Gasteiger charge is 2.22. The SMILES string of the molecule is O=C1CCC(CCc2cccc3ccccc23)O1. The number of rotatable bonds is 3. The lowest BCUT2D eigenvalue weighted by Crippen LogP contribution is -2.08. The Balaban J connectivity index is 1.76. The van der Waals surface area contributed by atoms with Gasteiger partial charge in [0, 0.05) is 6.42 Å². The number of carbonyl (C=O) groups excluding carboxylic acids is 1. The minimum atomic E-state index is -0.0436. The topological polar surface area (TPSA) is 26.3 Å². The van der Waals surface area contributed by atoms with Gasteiger partial charge in [-0.1, -0.05) is 42.5 Å². The summed E-state index contributed by atoms with van der Waals surface area (Å²) in [4.78, 5) is 11.1. The van der Waals surface area contributed by atoms with E-state index in [-0.39, 0.29) is 12.1 Å². The van der Waals surface area contributed by atoms with Gasteiger partial charge in [-0.25, -0.2) is 0 Å². The van der Waals surface area contributed by atoms with Crippen LogP contribution in [-0.4, -0.2) is 12.1 Å². The number of carbonyl (C=O) groups is 1. The first-order chi connectivity index (χ1) is 8.83. The Morgan fingerprint density at radius 2 is 1.94 bits per heavy atom. The zero-order valence-electron chi connectivity index (χ0n) is 10.3. The third-order valence-electron chi connectivity index (χ3n) is 3.58. The fourth-order valence-corrected chi connectivity index (χ4v) is 2.61. The molecule has 0 aliphatic carbocycles. The van der Waals surface area contributed by atoms with Crippen molar-refractivity contribution in [3.05, 3.63) is 48.0 Å². The molecule has 0 amide bonds. The van der Waals surface area contributed by atoms with Crippen LogP contribution in [0.2, 0.25) is 0 Å². The fraction of sp³-hybridized carbons (Fsp3) is 0.312. The molecular weight excluding hydrogens is 224 g/mol. The molecule has 2 aromatic carbocycles. The number of hydrogen-bond acceptors (Lipinski definition) is 2. The van der Waals surface area contributed by atoms with Crippen LogP contribution in [0.4, 0.5) is 0 Å². The van der Waals surface area contributed by atoms with Gasteiger partial charge >= 0.3 is 5.97 Å². The fourth-order valence-electron chi connectivity index (χ4n) is 2.61. The zero-order chi connectivity index (χ0) is 12.4. The first-order valence-electron chi connectivity index (χ1n) is 6.49. The van der Waals surface area contributed by atoms with Crippen molar-refractivity contribution in [3.8, 4) is 0 Å². The summed E-state index contributed by atoms with van der Waals surface area (Å²) in [6.07, 6.45) is 3.49. The molecule has 1 heterocycles. The second-order valence-corrected chi connectivity index (χ2v) is 4.83. The van der Waals surface area contributed by atoms with Gasteiger partial charge in [-0.3, -0.25) is 4.79 Å². The molecule has 18 heavy (non-hydrogen) atoms. The van der Waals surface area contributed by atoms with Crippen LogP contribution in [0.1, 0.15) is 24.8 Å². The number of ether oxygens (including phenoxy) is 1. The second kappa shape index (κ2) is 4.81. The van der Waals surface area contributed by atoms with E-state index in [4.69, 9.17) is 4.74 Å². The lowest BCUT2D eigenvalue weighted by Gasteiger charge is -2.10. The number of benzene rings is 2. The average Bonchev–Trinajstić information content (AvgIpc) is 2.82. The van der Waals surface area contributed by atoms with Crippen molar-refractivity contribution >= 4 is 16.7 Å². The highest BCUT2D eigenvalue weighted by molar-refractivity contribution is 5.85. The Kier molecular flexibility index (Phi) is 3.01. The molecule has 1 saturated heterocycles. The van der Waals surface area contributed by atoms with Crippen LogP contribution in [0, 0.1) is 0 Å². The van der Waals surface area contributed by atoms with Crippen molar-refractivity contribution in [2.75, 3.05) is 0 Å². The third-order valence-corrected chi connectivity index (χ3v) is 3.58. The van der Waals surface area contributed by atoms with Crippen LogP contribution in [0.3, 0.4) is 0 Å². The number of esters is 1. The normalized spacial score (nSPS) is 19.1. The molecule has 1 unspecified atom stereocenters. The maximum Gasteiger partial charge on any atom is 0.306 e. The molecule has 92 valence electrons. The van der Waals surface area contributed by atoms with Crippen molar-refractivity contribution in [2.24, 2.45) is 0 Å². The standard InChI is InChI=1S/C16H16O2/c17-16-11-10-14(18-16)9-8-13-6-3-5-12-4-1-2-7-15(12)13/h1-7,14H,8-11H2. The first kappa shape index (κ1) is 11.3. The van der Waals surface area contributed by atoms with E-state index in [1.165, 1.54) is 16.3 Å². The first-order valence-corrected chi connectivity index (χ1v) is 6.49. The largest absolute Gasteiger partial charge is 0.462 e. The summed E-state index contributed by atoms with van der Waals surface area (Å²) in [5.41, 5.74) is 1.34. The average molecular weight is 240 g/mol. The van der Waals surface area contributed by atoms with E-state index in [9.17, 15) is 4.79 Å². The van der Waals surface area contributed by atoms with Crippen molar-refractivity contribution < 1.29 is 9.53 Å². The summed E-state index contributed by atoms with van der Waals surface area (Å²) in [7, 11) is 0. The van der Waals surface area contributed by atoms with Gasteiger partial charge in [0.25, 0.3) is 0 Å². The molecule has 2 nitrogen and oxygen atoms in total. The van der Waals surface area contributed by atoms with Gasteiger partial charge in [0.1, 0.15) is 6.10 Å². The summed E-state index contributed by atoms with van der Waals surface area (Å²) < 4.78 is 5.26. The van der Waals surface area contributed by atoms with Crippen LogP contribution in [0.25, 0.3) is 10.8 Å². The number of hydrogen-bond donors (Lipinski definition) is 0. The quantitative estimate of drug-likeness (QED) is 0.768. The van der Waals surface area contributed by atoms with E-state index in [1.807, 2.05) is 0 Å². The summed E-state index contributed by atoms with van der Waals surface area (Å²) in [5.74, 6) is -0.0436. The monoisotopic (exact) mass is 240 g/mol. The van der Waals surface area contributed by atoms with E-state index in [0.717, 1.165) is 19.3 Å². The van der Waals surface area contributed by atoms with E-state index in [2.05, 4.69) is 42.5 Å². The molecule has 0 aromatic heterocycles. The molecule has 0 N–H and O–H groups in total. The molecule has 2 aromatic rings. The molecular formula is C16H16O2. The predicted molar refractivity (Wildman–Crippen MR) is 71.4 cm³/mol. The summed E-state index contributed by atoms with van der Waals surface area (Å²) in [6.45, 7) is 0. The number of cyclic esters (lactones) is 1. The van der Waals surface area contributed by atoms with Gasteiger partial charge in [-0.05, 0) is 35.6 Å². The van der Waals surface area contributed by atoms with Crippen molar-refractivity contribution in [1.29, 1.82) is 0 Å². The number of fused-ring (bicyclic) bond motifs is 1. The Labute approximate surface area is 107 Å². The molecule has 3 rings (SSSR count). The minimum absolute atomic E-state index is 0.0436. The molecule has 1 fully saturated rings. The van der Waals surface area contributed by atoms with Crippen LogP contribution in [-0.2, 0) is 16.0 Å². The van der Waals surface area contributed by atoms with Gasteiger partial charge in [0.2, 0.25) is 0 Å². The van der Waals surface area contributed by atoms with Gasteiger partial charge in [0.15, 0.2) is 0 Å². The van der Waals surface area contributed by atoms with Crippen LogP contribution < -0.4 is 0 Å². The van der Waals surface area contributed by atoms with E-state index in [1.54, 1.807) is 0 Å². The smallest absolute Gasteiger partial charge is 0.306 e. The molecule has 1 aliphatic rings. The van der Waals surface area contributed by atoms with Gasteiger partial charge in [0.05, 0.1) is 0 Å². The Morgan fingerprint density at radius 3 is 2.78 bits per heavy atom. The Hall–Kier alpha value is -1.83. The molecule has 1 atom stereocenters. The minimum Gasteiger partial charge on any atom is -0.462 e. The predicted octanol–water partition coefficient (Wildman–Crippen LogP) is 3.48. The summed E-state index contributed by atoms with van der Waals surface area (Å²) >= 11 is 0. The summed E-state index contributed by atoms with van der Waals surface area (Å²) in [6, 6.07) is 14.8. The van der Waals surface area contributed by atoms with E-state index in [0.29, 0.717) is 6.42 Å². The van der Waals surface area contributed by atoms with E-state index >= 15 is 0 Å². The molecule has 0 saturated carbocycles. The lowest BCUT2D eigenvalue weighted by molar-refractivity contribution is -0.141. The lowest BCUT2D eigenvalue weighted by atomic mass is 9.99. The Bertz CT molecular complexity index is 569. The van der Waals surface area contributed by atoms with Crippen LogP contribution in [0.15, 0.2) is 42.5 Å². The maximum absolute atomic E-state index is 11.1. The van der Waals surface area contributed by atoms with Crippen molar-refractivity contribution in [1.82, 2.24) is 0 Å². The highest BCUT2D eigenvalue weighted by atomic mass is 16.5. The van der Waals surface area contributed by atoms with E-state index < -0.39 is 0 Å². The molecule has 0 radical (unpaired) electrons. The zero-order valence-corrected chi connectivity index (χ0v) is 10.3. The molecule has 0 spiro atoms.